The Bertz CT molecular complexity index is 584. The van der Waals surface area contributed by atoms with E-state index in [9.17, 15) is 9.59 Å². The molecule has 0 unspecified atom stereocenters. The minimum Gasteiger partial charge on any atom is -0.338 e. The Morgan fingerprint density at radius 3 is 2.52 bits per heavy atom. The van der Waals surface area contributed by atoms with Gasteiger partial charge in [0.05, 0.1) is 0 Å². The molecule has 25 heavy (non-hydrogen) atoms. The van der Waals surface area contributed by atoms with E-state index in [1.54, 1.807) is 0 Å². The molecule has 0 aliphatic carbocycles. The maximum Gasteiger partial charge on any atom is 0.320 e. The fourth-order valence-corrected chi connectivity index (χ4v) is 3.61. The zero-order valence-corrected chi connectivity index (χ0v) is 15.0. The molecular formula is C19H28N4O2. The van der Waals surface area contributed by atoms with Crippen molar-refractivity contribution in [1.82, 2.24) is 20.0 Å². The highest BCUT2D eigenvalue weighted by Gasteiger charge is 2.35. The summed E-state index contributed by atoms with van der Waals surface area (Å²) in [5, 5.41) is 2.93. The van der Waals surface area contributed by atoms with Crippen molar-refractivity contribution in [3.8, 4) is 0 Å². The lowest BCUT2D eigenvalue weighted by atomic mass is 10.0. The highest BCUT2D eigenvalue weighted by Crippen LogP contribution is 2.22. The first kappa shape index (κ1) is 17.6. The zero-order chi connectivity index (χ0) is 17.6. The van der Waals surface area contributed by atoms with Crippen molar-refractivity contribution in [1.29, 1.82) is 0 Å². The van der Waals surface area contributed by atoms with E-state index in [-0.39, 0.29) is 18.1 Å². The van der Waals surface area contributed by atoms with Crippen molar-refractivity contribution in [3.05, 3.63) is 35.9 Å². The average molecular weight is 344 g/mol. The summed E-state index contributed by atoms with van der Waals surface area (Å²) in [5.41, 5.74) is 1.17. The number of piperidine rings is 1. The first-order valence-corrected chi connectivity index (χ1v) is 9.31. The van der Waals surface area contributed by atoms with Crippen LogP contribution in [0.25, 0.3) is 0 Å². The van der Waals surface area contributed by atoms with Crippen LogP contribution >= 0.6 is 0 Å². The lowest BCUT2D eigenvalue weighted by Gasteiger charge is -2.36. The molecule has 1 aromatic rings. The second-order valence-corrected chi connectivity index (χ2v) is 6.83. The van der Waals surface area contributed by atoms with Gasteiger partial charge in [-0.25, -0.2) is 9.59 Å². The van der Waals surface area contributed by atoms with Crippen LogP contribution in [0.15, 0.2) is 30.3 Å². The summed E-state index contributed by atoms with van der Waals surface area (Å²) in [6.07, 6.45) is 2.68. The third-order valence-electron chi connectivity index (χ3n) is 5.06. The number of benzene rings is 1. The summed E-state index contributed by atoms with van der Waals surface area (Å²) >= 11 is 0. The highest BCUT2D eigenvalue weighted by atomic mass is 16.2. The second-order valence-electron chi connectivity index (χ2n) is 6.83. The Labute approximate surface area is 149 Å². The Morgan fingerprint density at radius 1 is 1.12 bits per heavy atom. The van der Waals surface area contributed by atoms with Crippen molar-refractivity contribution in [2.45, 2.75) is 38.8 Å². The lowest BCUT2D eigenvalue weighted by molar-refractivity contribution is 0.134. The first-order valence-electron chi connectivity index (χ1n) is 9.31. The molecular weight excluding hydrogens is 316 g/mol. The van der Waals surface area contributed by atoms with Gasteiger partial charge in [0.15, 0.2) is 0 Å². The van der Waals surface area contributed by atoms with E-state index in [2.05, 4.69) is 17.4 Å². The number of likely N-dealkylation sites (tertiary alicyclic amines) is 1. The van der Waals surface area contributed by atoms with Crippen molar-refractivity contribution < 1.29 is 9.59 Å². The van der Waals surface area contributed by atoms with Gasteiger partial charge in [-0.3, -0.25) is 0 Å². The summed E-state index contributed by atoms with van der Waals surface area (Å²) < 4.78 is 0. The topological polar surface area (TPSA) is 55.9 Å². The molecule has 0 atom stereocenters. The normalized spacial score (nSPS) is 18.8. The van der Waals surface area contributed by atoms with Gasteiger partial charge in [0.1, 0.15) is 0 Å². The summed E-state index contributed by atoms with van der Waals surface area (Å²) in [5.74, 6) is 0. The highest BCUT2D eigenvalue weighted by molar-refractivity contribution is 5.77. The molecule has 2 aliphatic heterocycles. The fraction of sp³-hybridized carbons (Fsp3) is 0.579. The van der Waals surface area contributed by atoms with Crippen LogP contribution in [-0.4, -0.2) is 65.5 Å². The predicted octanol–water partition coefficient (Wildman–Crippen LogP) is 2.51. The van der Waals surface area contributed by atoms with Crippen LogP contribution in [0.3, 0.4) is 0 Å². The zero-order valence-electron chi connectivity index (χ0n) is 15.0. The number of rotatable bonds is 5. The molecule has 2 heterocycles. The van der Waals surface area contributed by atoms with Crippen molar-refractivity contribution >= 4 is 12.1 Å². The molecule has 2 saturated heterocycles. The number of carbonyl (C=O) groups is 2. The summed E-state index contributed by atoms with van der Waals surface area (Å²) in [4.78, 5) is 30.6. The third-order valence-corrected chi connectivity index (χ3v) is 5.06. The van der Waals surface area contributed by atoms with Crippen LogP contribution in [0.2, 0.25) is 0 Å². The summed E-state index contributed by atoms with van der Waals surface area (Å²) in [6.45, 7) is 6.47. The lowest BCUT2D eigenvalue weighted by Crippen LogP contribution is -2.50. The van der Waals surface area contributed by atoms with Gasteiger partial charge >= 0.3 is 12.1 Å². The predicted molar refractivity (Wildman–Crippen MR) is 97.2 cm³/mol. The van der Waals surface area contributed by atoms with Crippen molar-refractivity contribution in [3.63, 3.8) is 0 Å². The number of carbonyl (C=O) groups excluding carboxylic acids is 2. The van der Waals surface area contributed by atoms with Gasteiger partial charge < -0.3 is 20.0 Å². The van der Waals surface area contributed by atoms with Gasteiger partial charge in [-0.1, -0.05) is 37.3 Å². The minimum atomic E-state index is 0.0266. The molecule has 2 aliphatic rings. The van der Waals surface area contributed by atoms with Crippen LogP contribution < -0.4 is 5.32 Å². The van der Waals surface area contributed by atoms with E-state index < -0.39 is 0 Å². The van der Waals surface area contributed by atoms with Crippen LogP contribution in [0.1, 0.15) is 31.7 Å². The van der Waals surface area contributed by atoms with Crippen molar-refractivity contribution in [2.75, 3.05) is 32.7 Å². The van der Waals surface area contributed by atoms with Crippen LogP contribution in [0.5, 0.6) is 0 Å². The molecule has 0 aromatic heterocycles. The van der Waals surface area contributed by atoms with E-state index in [0.717, 1.165) is 52.0 Å². The minimum absolute atomic E-state index is 0.0266. The van der Waals surface area contributed by atoms with Gasteiger partial charge in [-0.15, -0.1) is 0 Å². The molecule has 0 spiro atoms. The molecule has 2 fully saturated rings. The first-order chi connectivity index (χ1) is 12.2. The smallest absolute Gasteiger partial charge is 0.320 e. The van der Waals surface area contributed by atoms with Gasteiger partial charge in [0.2, 0.25) is 0 Å². The van der Waals surface area contributed by atoms with E-state index in [1.807, 2.05) is 39.8 Å². The second kappa shape index (κ2) is 8.23. The molecule has 0 radical (unpaired) electrons. The quantitative estimate of drug-likeness (QED) is 0.892. The maximum atomic E-state index is 12.7. The number of nitrogens with one attached hydrogen (secondary N) is 1. The molecule has 4 amide bonds. The van der Waals surface area contributed by atoms with Gasteiger partial charge in [0.25, 0.3) is 0 Å². The Kier molecular flexibility index (Phi) is 5.79. The van der Waals surface area contributed by atoms with Gasteiger partial charge in [-0.05, 0) is 24.8 Å². The number of amides is 4. The van der Waals surface area contributed by atoms with Crippen LogP contribution in [0, 0.1) is 0 Å². The molecule has 0 bridgehead atoms. The molecule has 6 heteroatoms. The number of hydrogen-bond donors (Lipinski definition) is 1. The average Bonchev–Trinajstić information content (AvgIpc) is 3.01. The van der Waals surface area contributed by atoms with E-state index in [4.69, 9.17) is 0 Å². The summed E-state index contributed by atoms with van der Waals surface area (Å²) in [6, 6.07) is 10.5. The largest absolute Gasteiger partial charge is 0.338 e. The molecule has 136 valence electrons. The Balaban J connectivity index is 1.49. The summed E-state index contributed by atoms with van der Waals surface area (Å²) in [7, 11) is 0. The number of urea groups is 2. The molecule has 3 rings (SSSR count). The Hall–Kier alpha value is -2.24. The van der Waals surface area contributed by atoms with E-state index in [1.165, 1.54) is 5.56 Å². The Morgan fingerprint density at radius 2 is 1.84 bits per heavy atom. The monoisotopic (exact) mass is 344 g/mol. The van der Waals surface area contributed by atoms with Gasteiger partial charge in [0, 0.05) is 45.3 Å². The van der Waals surface area contributed by atoms with Crippen LogP contribution in [0.4, 0.5) is 9.59 Å². The SMILES string of the molecule is CCCNC(=O)N1CCC(N2CCN(Cc3ccccc3)C2=O)CC1. The van der Waals surface area contributed by atoms with E-state index >= 15 is 0 Å². The molecule has 0 saturated carbocycles. The van der Waals surface area contributed by atoms with E-state index in [0.29, 0.717) is 6.54 Å². The molecule has 1 aromatic carbocycles. The standard InChI is InChI=1S/C19H28N4O2/c1-2-10-20-18(24)21-11-8-17(9-12-21)23-14-13-22(19(23)25)15-16-6-4-3-5-7-16/h3-7,17H,2,8-15H2,1H3,(H,20,24). The number of hydrogen-bond acceptors (Lipinski definition) is 2. The van der Waals surface area contributed by atoms with Gasteiger partial charge in [-0.2, -0.15) is 0 Å². The molecule has 6 nitrogen and oxygen atoms in total. The third kappa shape index (κ3) is 4.24. The number of nitrogens with zero attached hydrogens (tertiary/aromatic N) is 3. The molecule has 1 N–H and O–H groups in total. The maximum absolute atomic E-state index is 12.7. The fourth-order valence-electron chi connectivity index (χ4n) is 3.61. The van der Waals surface area contributed by atoms with Crippen LogP contribution in [-0.2, 0) is 6.54 Å². The van der Waals surface area contributed by atoms with Crippen molar-refractivity contribution in [2.24, 2.45) is 0 Å².